The Bertz CT molecular complexity index is 1600. The van der Waals surface area contributed by atoms with E-state index in [1.165, 1.54) is 11.7 Å². The summed E-state index contributed by atoms with van der Waals surface area (Å²) < 4.78 is 12.7. The van der Waals surface area contributed by atoms with Gasteiger partial charge in [-0.2, -0.15) is 5.26 Å². The van der Waals surface area contributed by atoms with Crippen LogP contribution in [0.4, 0.5) is 5.69 Å². The number of anilines is 1. The van der Waals surface area contributed by atoms with Crippen LogP contribution in [0.3, 0.4) is 0 Å². The molecule has 4 aromatic rings. The van der Waals surface area contributed by atoms with Crippen LogP contribution in [0.1, 0.15) is 5.56 Å². The van der Waals surface area contributed by atoms with E-state index in [1.807, 2.05) is 30.3 Å². The van der Waals surface area contributed by atoms with Gasteiger partial charge in [0.1, 0.15) is 22.2 Å². The predicted molar refractivity (Wildman–Crippen MR) is 136 cm³/mol. The van der Waals surface area contributed by atoms with Crippen LogP contribution in [-0.2, 0) is 4.79 Å². The zero-order valence-corrected chi connectivity index (χ0v) is 19.8. The molecule has 0 atom stereocenters. The van der Waals surface area contributed by atoms with Crippen molar-refractivity contribution in [2.24, 2.45) is 0 Å². The molecule has 3 aromatic carbocycles. The number of ether oxygens (including phenoxy) is 2. The monoisotopic (exact) mass is 483 g/mol. The van der Waals surface area contributed by atoms with Crippen LogP contribution in [0.2, 0.25) is 0 Å². The second-order valence-electron chi connectivity index (χ2n) is 7.28. The van der Waals surface area contributed by atoms with Gasteiger partial charge in [-0.1, -0.05) is 48.5 Å². The average Bonchev–Trinajstić information content (AvgIpc) is 3.20. The Balaban J connectivity index is 1.97. The summed E-state index contributed by atoms with van der Waals surface area (Å²) in [5.41, 5.74) is 1.12. The molecule has 0 bridgehead atoms. The molecule has 0 fully saturated rings. The number of hydrogen-bond donors (Lipinski definition) is 1. The molecule has 0 aliphatic heterocycles. The third-order valence-corrected chi connectivity index (χ3v) is 6.26. The first-order valence-corrected chi connectivity index (χ1v) is 11.4. The number of hydrogen-bond acceptors (Lipinski definition) is 6. The Hall–Kier alpha value is -4.61. The second-order valence-corrected chi connectivity index (χ2v) is 8.31. The third kappa shape index (κ3) is 4.86. The molecule has 4 rings (SSSR count). The van der Waals surface area contributed by atoms with Crippen molar-refractivity contribution >= 4 is 34.6 Å². The molecule has 0 saturated carbocycles. The van der Waals surface area contributed by atoms with E-state index in [9.17, 15) is 14.9 Å². The first-order valence-electron chi connectivity index (χ1n) is 10.6. The molecule has 8 heteroatoms. The summed E-state index contributed by atoms with van der Waals surface area (Å²) in [6.45, 7) is 0. The van der Waals surface area contributed by atoms with Crippen LogP contribution in [-0.4, -0.2) is 24.7 Å². The first-order chi connectivity index (χ1) is 17.1. The highest BCUT2D eigenvalue weighted by Crippen LogP contribution is 2.23. The number of nitrogens with one attached hydrogen (secondary N) is 1. The van der Waals surface area contributed by atoms with Crippen molar-refractivity contribution in [2.75, 3.05) is 19.5 Å². The number of para-hydroxylation sites is 4. The van der Waals surface area contributed by atoms with Gasteiger partial charge >= 0.3 is 0 Å². The van der Waals surface area contributed by atoms with Crippen molar-refractivity contribution < 1.29 is 14.3 Å². The zero-order valence-electron chi connectivity index (χ0n) is 19.0. The minimum atomic E-state index is -0.647. The molecule has 0 aliphatic carbocycles. The summed E-state index contributed by atoms with van der Waals surface area (Å²) in [6, 6.07) is 25.1. The minimum absolute atomic E-state index is 0.193. The molecule has 0 unspecified atom stereocenters. The Morgan fingerprint density at radius 3 is 2.26 bits per heavy atom. The SMILES string of the molecule is COc1ccccc1/C=c1/s/c(=C(/C#N)C(=O)Nc2ccccc2OC)n(-c2ccccc2)c1=O. The van der Waals surface area contributed by atoms with Crippen LogP contribution >= 0.6 is 11.3 Å². The Morgan fingerprint density at radius 1 is 0.943 bits per heavy atom. The van der Waals surface area contributed by atoms with Crippen LogP contribution in [0, 0.1) is 11.3 Å². The molecular weight excluding hydrogens is 462 g/mol. The molecule has 1 amide bonds. The van der Waals surface area contributed by atoms with Crippen LogP contribution in [0.5, 0.6) is 11.5 Å². The molecule has 7 nitrogen and oxygen atoms in total. The fourth-order valence-corrected chi connectivity index (χ4v) is 4.61. The number of nitriles is 1. The molecule has 174 valence electrons. The predicted octanol–water partition coefficient (Wildman–Crippen LogP) is 3.06. The summed E-state index contributed by atoms with van der Waals surface area (Å²) in [7, 11) is 3.05. The normalized spacial score (nSPS) is 12.0. The van der Waals surface area contributed by atoms with Crippen molar-refractivity contribution in [1.82, 2.24) is 4.57 Å². The van der Waals surface area contributed by atoms with E-state index in [0.717, 1.165) is 11.3 Å². The molecule has 0 spiro atoms. The van der Waals surface area contributed by atoms with E-state index < -0.39 is 5.91 Å². The summed E-state index contributed by atoms with van der Waals surface area (Å²) in [6.07, 6.45) is 1.70. The van der Waals surface area contributed by atoms with Crippen LogP contribution in [0.25, 0.3) is 17.3 Å². The number of amides is 1. The summed E-state index contributed by atoms with van der Waals surface area (Å²) in [5.74, 6) is 0.410. The van der Waals surface area contributed by atoms with Crippen molar-refractivity contribution in [2.45, 2.75) is 0 Å². The number of methoxy groups -OCH3 is 2. The summed E-state index contributed by atoms with van der Waals surface area (Å²) >= 11 is 1.06. The molecule has 1 N–H and O–H groups in total. The molecule has 35 heavy (non-hydrogen) atoms. The maximum atomic E-state index is 13.5. The van der Waals surface area contributed by atoms with Gasteiger partial charge in [0.2, 0.25) is 0 Å². The lowest BCUT2D eigenvalue weighted by Gasteiger charge is -2.09. The maximum absolute atomic E-state index is 13.5. The van der Waals surface area contributed by atoms with Gasteiger partial charge in [0.25, 0.3) is 11.5 Å². The van der Waals surface area contributed by atoms with Gasteiger partial charge in [-0.05, 0) is 36.4 Å². The topological polar surface area (TPSA) is 93.3 Å². The van der Waals surface area contributed by atoms with Gasteiger partial charge < -0.3 is 14.8 Å². The Labute approximate surface area is 205 Å². The number of benzene rings is 3. The standard InChI is InChI=1S/C27H21N3O4S/c1-33-22-14-8-6-10-18(22)16-24-26(32)30(19-11-4-3-5-12-19)27(35-24)20(17-28)25(31)29-21-13-7-9-15-23(21)34-2/h3-16H,1-2H3,(H,29,31)/b24-16+,27-20-. The number of thiazole rings is 1. The molecule has 1 heterocycles. The molecule has 0 saturated heterocycles. The van der Waals surface area contributed by atoms with Gasteiger partial charge in [-0.3, -0.25) is 14.2 Å². The largest absolute Gasteiger partial charge is 0.496 e. The molecule has 0 radical (unpaired) electrons. The van der Waals surface area contributed by atoms with Gasteiger partial charge in [0.05, 0.1) is 30.1 Å². The Kier molecular flexibility index (Phi) is 7.10. The smallest absolute Gasteiger partial charge is 0.273 e. The zero-order chi connectivity index (χ0) is 24.8. The molecular formula is C27H21N3O4S. The number of rotatable bonds is 6. The lowest BCUT2D eigenvalue weighted by atomic mass is 10.2. The summed E-state index contributed by atoms with van der Waals surface area (Å²) in [4.78, 5) is 26.7. The second kappa shape index (κ2) is 10.5. The number of carbonyl (C=O) groups excluding carboxylic acids is 1. The van der Waals surface area contributed by atoms with E-state index in [0.29, 0.717) is 33.0 Å². The number of nitrogens with zero attached hydrogens (tertiary/aromatic N) is 2. The van der Waals surface area contributed by atoms with Crippen molar-refractivity contribution in [3.8, 4) is 23.3 Å². The average molecular weight is 484 g/mol. The Morgan fingerprint density at radius 2 is 1.57 bits per heavy atom. The number of aromatic nitrogens is 1. The summed E-state index contributed by atoms with van der Waals surface area (Å²) in [5, 5.41) is 12.7. The highest BCUT2D eigenvalue weighted by atomic mass is 32.1. The highest BCUT2D eigenvalue weighted by molar-refractivity contribution is 7.07. The van der Waals surface area contributed by atoms with Gasteiger partial charge in [-0.15, -0.1) is 11.3 Å². The lowest BCUT2D eigenvalue weighted by molar-refractivity contribution is -0.111. The van der Waals surface area contributed by atoms with Crippen LogP contribution < -0.4 is 29.5 Å². The minimum Gasteiger partial charge on any atom is -0.496 e. The lowest BCUT2D eigenvalue weighted by Crippen LogP contribution is -2.32. The van der Waals surface area contributed by atoms with E-state index in [4.69, 9.17) is 9.47 Å². The van der Waals surface area contributed by atoms with E-state index in [-0.39, 0.29) is 15.8 Å². The molecule has 0 aliphatic rings. The third-order valence-electron chi connectivity index (χ3n) is 5.17. The van der Waals surface area contributed by atoms with Gasteiger partial charge in [0.15, 0.2) is 5.57 Å². The maximum Gasteiger partial charge on any atom is 0.273 e. The van der Waals surface area contributed by atoms with Crippen molar-refractivity contribution in [3.63, 3.8) is 0 Å². The van der Waals surface area contributed by atoms with E-state index in [2.05, 4.69) is 5.32 Å². The van der Waals surface area contributed by atoms with Gasteiger partial charge in [-0.25, -0.2) is 0 Å². The van der Waals surface area contributed by atoms with Gasteiger partial charge in [0, 0.05) is 5.56 Å². The quantitative estimate of drug-likeness (QED) is 0.455. The first kappa shape index (κ1) is 23.5. The fraction of sp³-hybridized carbons (Fsp3) is 0.0741. The number of carbonyl (C=O) groups is 1. The van der Waals surface area contributed by atoms with Crippen molar-refractivity contribution in [3.05, 3.63) is 104 Å². The fourth-order valence-electron chi connectivity index (χ4n) is 3.52. The molecule has 1 aromatic heterocycles. The van der Waals surface area contributed by atoms with Crippen molar-refractivity contribution in [1.29, 1.82) is 5.26 Å². The highest BCUT2D eigenvalue weighted by Gasteiger charge is 2.18. The van der Waals surface area contributed by atoms with Crippen LogP contribution in [0.15, 0.2) is 83.7 Å². The van der Waals surface area contributed by atoms with E-state index in [1.54, 1.807) is 67.8 Å². The van der Waals surface area contributed by atoms with E-state index >= 15 is 0 Å².